The molecule has 2 aliphatic rings. The standard InChI is InChI=1S/C19H17FN2O3/c1-25-17-9-8-11(10-16(17)22(23)24)18-13-5-2-4-12(13)14-6-3-7-15(20)19(14)21-18/h2-4,6-10,12-13,18,21H,5H2,1H3/t12-,13-,18+/m1/s1. The number of allylic oxidation sites excluding steroid dienone is 2. The molecule has 0 spiro atoms. The highest BCUT2D eigenvalue weighted by atomic mass is 19.1. The van der Waals surface area contributed by atoms with E-state index in [1.807, 2.05) is 12.1 Å². The normalized spacial score (nSPS) is 23.5. The third-order valence-corrected chi connectivity index (χ3v) is 5.10. The van der Waals surface area contributed by atoms with Crippen molar-refractivity contribution in [1.29, 1.82) is 0 Å². The lowest BCUT2D eigenvalue weighted by Gasteiger charge is -2.37. The van der Waals surface area contributed by atoms with E-state index in [1.54, 1.807) is 12.1 Å². The minimum atomic E-state index is -0.454. The highest BCUT2D eigenvalue weighted by Crippen LogP contribution is 2.50. The van der Waals surface area contributed by atoms with Crippen molar-refractivity contribution in [3.8, 4) is 5.75 Å². The average molecular weight is 340 g/mol. The number of ether oxygens (including phenoxy) is 1. The van der Waals surface area contributed by atoms with Gasteiger partial charge in [0.2, 0.25) is 0 Å². The number of halogens is 1. The first kappa shape index (κ1) is 15.6. The zero-order valence-electron chi connectivity index (χ0n) is 13.6. The molecule has 1 heterocycles. The highest BCUT2D eigenvalue weighted by Gasteiger charge is 2.39. The summed E-state index contributed by atoms with van der Waals surface area (Å²) in [5.74, 6) is 0.224. The Kier molecular flexibility index (Phi) is 3.67. The first-order valence-corrected chi connectivity index (χ1v) is 8.14. The largest absolute Gasteiger partial charge is 0.490 e. The number of hydrogen-bond donors (Lipinski definition) is 1. The van der Waals surface area contributed by atoms with Crippen molar-refractivity contribution in [2.24, 2.45) is 5.92 Å². The maximum atomic E-state index is 14.3. The molecule has 0 amide bonds. The van der Waals surface area contributed by atoms with E-state index in [4.69, 9.17) is 4.74 Å². The maximum absolute atomic E-state index is 14.3. The molecule has 0 fully saturated rings. The summed E-state index contributed by atoms with van der Waals surface area (Å²) in [4.78, 5) is 10.9. The fraction of sp³-hybridized carbons (Fsp3) is 0.263. The number of methoxy groups -OCH3 is 1. The molecule has 1 aliphatic heterocycles. The van der Waals surface area contributed by atoms with E-state index in [9.17, 15) is 14.5 Å². The van der Waals surface area contributed by atoms with Crippen molar-refractivity contribution < 1.29 is 14.1 Å². The molecule has 0 radical (unpaired) electrons. The van der Waals surface area contributed by atoms with Gasteiger partial charge in [-0.2, -0.15) is 0 Å². The summed E-state index contributed by atoms with van der Waals surface area (Å²) in [6, 6.07) is 9.82. The third kappa shape index (κ3) is 2.45. The maximum Gasteiger partial charge on any atom is 0.311 e. The molecular formula is C19H17FN2O3. The molecule has 5 nitrogen and oxygen atoms in total. The van der Waals surface area contributed by atoms with Crippen LogP contribution in [0.15, 0.2) is 48.6 Å². The quantitative estimate of drug-likeness (QED) is 0.505. The van der Waals surface area contributed by atoms with Crippen LogP contribution < -0.4 is 10.1 Å². The predicted octanol–water partition coefficient (Wildman–Crippen LogP) is 4.57. The number of nitrogens with zero attached hydrogens (tertiary/aromatic N) is 1. The van der Waals surface area contributed by atoms with Crippen molar-refractivity contribution in [1.82, 2.24) is 0 Å². The molecule has 3 atom stereocenters. The number of anilines is 1. The van der Waals surface area contributed by atoms with Crippen LogP contribution in [0.25, 0.3) is 0 Å². The molecule has 4 rings (SSSR count). The van der Waals surface area contributed by atoms with Gasteiger partial charge >= 0.3 is 5.69 Å². The summed E-state index contributed by atoms with van der Waals surface area (Å²) >= 11 is 0. The fourth-order valence-corrected chi connectivity index (χ4v) is 3.96. The lowest BCUT2D eigenvalue weighted by atomic mass is 9.77. The van der Waals surface area contributed by atoms with Crippen LogP contribution in [0.5, 0.6) is 5.75 Å². The van der Waals surface area contributed by atoms with E-state index in [-0.39, 0.29) is 35.1 Å². The zero-order valence-corrected chi connectivity index (χ0v) is 13.6. The van der Waals surface area contributed by atoms with Gasteiger partial charge in [0, 0.05) is 12.0 Å². The van der Waals surface area contributed by atoms with Gasteiger partial charge in [-0.3, -0.25) is 10.1 Å². The summed E-state index contributed by atoms with van der Waals surface area (Å²) < 4.78 is 19.4. The van der Waals surface area contributed by atoms with Gasteiger partial charge in [0.15, 0.2) is 5.75 Å². The zero-order chi connectivity index (χ0) is 17.6. The Bertz CT molecular complexity index is 881. The van der Waals surface area contributed by atoms with Crippen LogP contribution >= 0.6 is 0 Å². The molecule has 0 saturated carbocycles. The van der Waals surface area contributed by atoms with Gasteiger partial charge in [-0.05, 0) is 35.6 Å². The Morgan fingerprint density at radius 2 is 2.16 bits per heavy atom. The van der Waals surface area contributed by atoms with Gasteiger partial charge < -0.3 is 10.1 Å². The number of hydrogen-bond acceptors (Lipinski definition) is 4. The van der Waals surface area contributed by atoms with Crippen molar-refractivity contribution in [3.63, 3.8) is 0 Å². The number of benzene rings is 2. The van der Waals surface area contributed by atoms with Crippen LogP contribution in [0.2, 0.25) is 0 Å². The van der Waals surface area contributed by atoms with E-state index in [0.717, 1.165) is 17.5 Å². The van der Waals surface area contributed by atoms with Gasteiger partial charge in [-0.15, -0.1) is 0 Å². The van der Waals surface area contributed by atoms with E-state index in [2.05, 4.69) is 17.5 Å². The van der Waals surface area contributed by atoms with E-state index in [0.29, 0.717) is 5.69 Å². The van der Waals surface area contributed by atoms with Crippen molar-refractivity contribution in [3.05, 3.63) is 75.6 Å². The van der Waals surface area contributed by atoms with Crippen LogP contribution in [0.4, 0.5) is 15.8 Å². The van der Waals surface area contributed by atoms with Gasteiger partial charge in [0.25, 0.3) is 0 Å². The average Bonchev–Trinajstić information content (AvgIpc) is 3.11. The Hall–Kier alpha value is -2.89. The summed E-state index contributed by atoms with van der Waals surface area (Å²) in [6.07, 6.45) is 5.05. The SMILES string of the molecule is COc1ccc([C@@H]2Nc3c(F)cccc3[C@@H]3C=CC[C@H]32)cc1[N+](=O)[O-]. The van der Waals surface area contributed by atoms with Crippen molar-refractivity contribution >= 4 is 11.4 Å². The summed E-state index contributed by atoms with van der Waals surface area (Å²) in [5, 5.41) is 14.6. The molecule has 25 heavy (non-hydrogen) atoms. The molecule has 2 aromatic rings. The summed E-state index contributed by atoms with van der Waals surface area (Å²) in [6.45, 7) is 0. The fourth-order valence-electron chi connectivity index (χ4n) is 3.96. The summed E-state index contributed by atoms with van der Waals surface area (Å²) in [7, 11) is 1.41. The van der Waals surface area contributed by atoms with E-state index in [1.165, 1.54) is 19.2 Å². The minimum absolute atomic E-state index is 0.0800. The number of nitrogens with one attached hydrogen (secondary N) is 1. The molecule has 6 heteroatoms. The lowest BCUT2D eigenvalue weighted by molar-refractivity contribution is -0.385. The highest BCUT2D eigenvalue weighted by molar-refractivity contribution is 5.61. The predicted molar refractivity (Wildman–Crippen MR) is 92.4 cm³/mol. The molecule has 1 aliphatic carbocycles. The molecule has 128 valence electrons. The van der Waals surface area contributed by atoms with E-state index >= 15 is 0 Å². The molecule has 2 aromatic carbocycles. The second-order valence-electron chi connectivity index (χ2n) is 6.37. The number of para-hydroxylation sites is 1. The van der Waals surface area contributed by atoms with Gasteiger partial charge in [0.05, 0.1) is 23.8 Å². The number of rotatable bonds is 3. The number of nitro groups is 1. The molecule has 0 unspecified atom stereocenters. The van der Waals surface area contributed by atoms with Crippen LogP contribution in [-0.2, 0) is 0 Å². The second-order valence-corrected chi connectivity index (χ2v) is 6.37. The molecule has 0 aromatic heterocycles. The first-order valence-electron chi connectivity index (χ1n) is 8.14. The Balaban J connectivity index is 1.80. The molecule has 0 saturated heterocycles. The van der Waals surface area contributed by atoms with Gasteiger partial charge in [-0.1, -0.05) is 30.4 Å². The lowest BCUT2D eigenvalue weighted by Crippen LogP contribution is -2.29. The van der Waals surface area contributed by atoms with Gasteiger partial charge in [0.1, 0.15) is 5.82 Å². The van der Waals surface area contributed by atoms with Crippen LogP contribution in [0.3, 0.4) is 0 Å². The Labute approximate surface area is 144 Å². The topological polar surface area (TPSA) is 64.4 Å². The Morgan fingerprint density at radius 1 is 1.32 bits per heavy atom. The molecule has 0 bridgehead atoms. The minimum Gasteiger partial charge on any atom is -0.490 e. The summed E-state index contributed by atoms with van der Waals surface area (Å²) in [5.41, 5.74) is 2.11. The molecular weight excluding hydrogens is 323 g/mol. The molecule has 1 N–H and O–H groups in total. The van der Waals surface area contributed by atoms with E-state index < -0.39 is 4.92 Å². The van der Waals surface area contributed by atoms with Crippen molar-refractivity contribution in [2.45, 2.75) is 18.4 Å². The first-order chi connectivity index (χ1) is 12.1. The van der Waals surface area contributed by atoms with Crippen LogP contribution in [-0.4, -0.2) is 12.0 Å². The van der Waals surface area contributed by atoms with Crippen molar-refractivity contribution in [2.75, 3.05) is 12.4 Å². The Morgan fingerprint density at radius 3 is 2.92 bits per heavy atom. The van der Waals surface area contributed by atoms with Crippen LogP contribution in [0.1, 0.15) is 29.5 Å². The third-order valence-electron chi connectivity index (χ3n) is 5.10. The van der Waals surface area contributed by atoms with Crippen LogP contribution in [0, 0.1) is 21.8 Å². The number of nitro benzene ring substituents is 1. The second kappa shape index (κ2) is 5.88. The monoisotopic (exact) mass is 340 g/mol. The smallest absolute Gasteiger partial charge is 0.311 e. The van der Waals surface area contributed by atoms with Gasteiger partial charge in [-0.25, -0.2) is 4.39 Å². The number of fused-ring (bicyclic) bond motifs is 3.